The van der Waals surface area contributed by atoms with Gasteiger partial charge in [0.05, 0.1) is 19.8 Å². The van der Waals surface area contributed by atoms with E-state index >= 15 is 0 Å². The van der Waals surface area contributed by atoms with Gasteiger partial charge in [-0.05, 0) is 0 Å². The van der Waals surface area contributed by atoms with E-state index in [-0.39, 0.29) is 13.2 Å². The highest BCUT2D eigenvalue weighted by Crippen LogP contribution is 2.04. The van der Waals surface area contributed by atoms with Gasteiger partial charge in [0.15, 0.2) is 6.29 Å². The van der Waals surface area contributed by atoms with Crippen LogP contribution in [0.15, 0.2) is 0 Å². The Labute approximate surface area is 76.3 Å². The zero-order valence-corrected chi connectivity index (χ0v) is 7.46. The Hall–Kier alpha value is -0.240. The summed E-state index contributed by atoms with van der Waals surface area (Å²) in [5, 5.41) is 35.2. The normalized spacial score (nSPS) is 18.2. The maximum atomic E-state index is 9.26. The van der Waals surface area contributed by atoms with Gasteiger partial charge in [0.1, 0.15) is 12.2 Å². The predicted molar refractivity (Wildman–Crippen MR) is 42.9 cm³/mol. The van der Waals surface area contributed by atoms with Crippen molar-refractivity contribution in [2.45, 2.75) is 18.5 Å². The molecule has 0 fully saturated rings. The first-order chi connectivity index (χ1) is 6.17. The molecule has 4 N–H and O–H groups in total. The maximum Gasteiger partial charge on any atom is 0.185 e. The minimum absolute atomic E-state index is 0.00623. The molecule has 3 atom stereocenters. The summed E-state index contributed by atoms with van der Waals surface area (Å²) in [5.41, 5.74) is 0. The minimum atomic E-state index is -1.33. The summed E-state index contributed by atoms with van der Waals surface area (Å²) < 4.78 is 9.51. The molecule has 80 valence electrons. The van der Waals surface area contributed by atoms with Crippen molar-refractivity contribution >= 4 is 0 Å². The summed E-state index contributed by atoms with van der Waals surface area (Å²) in [4.78, 5) is 0. The Kier molecular flexibility index (Phi) is 7.06. The topological polar surface area (TPSA) is 99.4 Å². The summed E-state index contributed by atoms with van der Waals surface area (Å²) in [6.45, 7) is -0.793. The third-order valence-electron chi connectivity index (χ3n) is 1.47. The van der Waals surface area contributed by atoms with E-state index in [0.29, 0.717) is 0 Å². The van der Waals surface area contributed by atoms with Gasteiger partial charge in [-0.15, -0.1) is 0 Å². The second kappa shape index (κ2) is 7.19. The molecule has 0 heterocycles. The highest BCUT2D eigenvalue weighted by atomic mass is 16.7. The first-order valence-corrected chi connectivity index (χ1v) is 3.89. The molecule has 0 aliphatic carbocycles. The van der Waals surface area contributed by atoms with Crippen LogP contribution in [-0.2, 0) is 9.47 Å². The average molecular weight is 196 g/mol. The molecule has 0 aromatic rings. The minimum Gasteiger partial charge on any atom is -0.394 e. The van der Waals surface area contributed by atoms with Crippen LogP contribution in [0.5, 0.6) is 0 Å². The largest absolute Gasteiger partial charge is 0.394 e. The van der Waals surface area contributed by atoms with E-state index < -0.39 is 25.1 Å². The van der Waals surface area contributed by atoms with Gasteiger partial charge in [-0.3, -0.25) is 0 Å². The zero-order chi connectivity index (χ0) is 10.3. The quantitative estimate of drug-likeness (QED) is 0.341. The van der Waals surface area contributed by atoms with Gasteiger partial charge < -0.3 is 29.9 Å². The van der Waals surface area contributed by atoms with Gasteiger partial charge in [-0.2, -0.15) is 0 Å². The summed E-state index contributed by atoms with van der Waals surface area (Å²) in [6.07, 6.45) is -3.69. The third kappa shape index (κ3) is 4.51. The van der Waals surface area contributed by atoms with Crippen LogP contribution in [-0.4, -0.2) is 65.9 Å². The van der Waals surface area contributed by atoms with Gasteiger partial charge in [0, 0.05) is 7.11 Å². The van der Waals surface area contributed by atoms with Crippen molar-refractivity contribution in [3.8, 4) is 0 Å². The fourth-order valence-corrected chi connectivity index (χ4v) is 0.764. The van der Waals surface area contributed by atoms with Gasteiger partial charge in [-0.1, -0.05) is 0 Å². The number of ether oxygens (including phenoxy) is 2. The van der Waals surface area contributed by atoms with E-state index in [9.17, 15) is 5.11 Å². The predicted octanol–water partition coefficient (Wildman–Crippen LogP) is -2.32. The second-order valence-corrected chi connectivity index (χ2v) is 2.44. The van der Waals surface area contributed by atoms with Crippen molar-refractivity contribution in [1.82, 2.24) is 0 Å². The molecular weight excluding hydrogens is 180 g/mol. The average Bonchev–Trinajstić information content (AvgIpc) is 2.17. The molecule has 6 nitrogen and oxygen atoms in total. The van der Waals surface area contributed by atoms with E-state index in [4.69, 9.17) is 20.1 Å². The van der Waals surface area contributed by atoms with Crippen molar-refractivity contribution in [3.05, 3.63) is 0 Å². The Morgan fingerprint density at radius 1 is 1.23 bits per heavy atom. The Balaban J connectivity index is 3.90. The van der Waals surface area contributed by atoms with Gasteiger partial charge in [0.2, 0.25) is 0 Å². The van der Waals surface area contributed by atoms with Crippen molar-refractivity contribution in [1.29, 1.82) is 0 Å². The molecule has 0 rings (SSSR count). The molecule has 0 aromatic carbocycles. The van der Waals surface area contributed by atoms with E-state index in [1.54, 1.807) is 0 Å². The third-order valence-corrected chi connectivity index (χ3v) is 1.47. The molecule has 0 aliphatic rings. The van der Waals surface area contributed by atoms with Crippen LogP contribution in [0, 0.1) is 0 Å². The Morgan fingerprint density at radius 2 is 1.85 bits per heavy atom. The first-order valence-electron chi connectivity index (χ1n) is 3.89. The number of rotatable bonds is 7. The monoisotopic (exact) mass is 196 g/mol. The van der Waals surface area contributed by atoms with Crippen molar-refractivity contribution in [2.75, 3.05) is 26.9 Å². The Morgan fingerprint density at radius 3 is 2.23 bits per heavy atom. The van der Waals surface area contributed by atoms with Crippen LogP contribution in [0.25, 0.3) is 0 Å². The fourth-order valence-electron chi connectivity index (χ4n) is 0.764. The fraction of sp³-hybridized carbons (Fsp3) is 1.00. The number of aliphatic hydroxyl groups excluding tert-OH is 4. The molecule has 3 unspecified atom stereocenters. The lowest BCUT2D eigenvalue weighted by molar-refractivity contribution is -0.209. The van der Waals surface area contributed by atoms with Crippen LogP contribution in [0.4, 0.5) is 0 Å². The van der Waals surface area contributed by atoms with Gasteiger partial charge in [-0.25, -0.2) is 0 Å². The lowest BCUT2D eigenvalue weighted by atomic mass is 10.2. The molecule has 0 saturated heterocycles. The number of hydrogen-bond donors (Lipinski definition) is 4. The lowest BCUT2D eigenvalue weighted by Crippen LogP contribution is -2.42. The van der Waals surface area contributed by atoms with Crippen LogP contribution in [0.2, 0.25) is 0 Å². The molecule has 0 amide bonds. The van der Waals surface area contributed by atoms with Crippen LogP contribution in [0.3, 0.4) is 0 Å². The standard InChI is InChI=1S/C7H16O6/c1-12-7(13-3-2-8)6(11)5(10)4-9/h5-11H,2-4H2,1H3. The van der Waals surface area contributed by atoms with Crippen LogP contribution in [0.1, 0.15) is 0 Å². The van der Waals surface area contributed by atoms with E-state index in [1.807, 2.05) is 0 Å². The van der Waals surface area contributed by atoms with Gasteiger partial charge in [0.25, 0.3) is 0 Å². The highest BCUT2D eigenvalue weighted by Gasteiger charge is 2.26. The first kappa shape index (κ1) is 12.8. The second-order valence-electron chi connectivity index (χ2n) is 2.44. The van der Waals surface area contributed by atoms with E-state index in [1.165, 1.54) is 7.11 Å². The summed E-state index contributed by atoms with van der Waals surface area (Å²) in [7, 11) is 1.29. The number of aliphatic hydroxyl groups is 4. The SMILES string of the molecule is COC(OCCO)C(O)C(O)CO. The van der Waals surface area contributed by atoms with Crippen molar-refractivity contribution < 1.29 is 29.9 Å². The van der Waals surface area contributed by atoms with Crippen molar-refractivity contribution in [2.24, 2.45) is 0 Å². The molecule has 13 heavy (non-hydrogen) atoms. The summed E-state index contributed by atoms with van der Waals surface area (Å²) in [6, 6.07) is 0. The molecule has 6 heteroatoms. The smallest absolute Gasteiger partial charge is 0.185 e. The molecule has 0 radical (unpaired) electrons. The zero-order valence-electron chi connectivity index (χ0n) is 7.46. The van der Waals surface area contributed by atoms with E-state index in [0.717, 1.165) is 0 Å². The lowest BCUT2D eigenvalue weighted by Gasteiger charge is -2.24. The molecule has 0 saturated carbocycles. The summed E-state index contributed by atoms with van der Waals surface area (Å²) in [5.74, 6) is 0. The van der Waals surface area contributed by atoms with Crippen LogP contribution < -0.4 is 0 Å². The molecule has 0 aromatic heterocycles. The number of hydrogen-bond acceptors (Lipinski definition) is 6. The highest BCUT2D eigenvalue weighted by molar-refractivity contribution is 4.69. The molecule has 0 bridgehead atoms. The summed E-state index contributed by atoms with van der Waals surface area (Å²) >= 11 is 0. The van der Waals surface area contributed by atoms with Crippen LogP contribution >= 0.6 is 0 Å². The maximum absolute atomic E-state index is 9.26. The molecular formula is C7H16O6. The number of methoxy groups -OCH3 is 1. The van der Waals surface area contributed by atoms with E-state index in [2.05, 4.69) is 4.74 Å². The Bertz CT molecular complexity index is 120. The molecule has 0 aliphatic heterocycles. The van der Waals surface area contributed by atoms with Crippen molar-refractivity contribution in [3.63, 3.8) is 0 Å². The molecule has 0 spiro atoms. The van der Waals surface area contributed by atoms with Gasteiger partial charge >= 0.3 is 0 Å².